The van der Waals surface area contributed by atoms with Gasteiger partial charge in [-0.2, -0.15) is 0 Å². The Bertz CT molecular complexity index is 725. The predicted molar refractivity (Wildman–Crippen MR) is 89.5 cm³/mol. The normalized spacial score (nSPS) is 10.4. The Morgan fingerprint density at radius 2 is 1.75 bits per heavy atom. The molecule has 0 aliphatic rings. The van der Waals surface area contributed by atoms with Gasteiger partial charge in [-0.25, -0.2) is 13.6 Å². The van der Waals surface area contributed by atoms with Crippen molar-refractivity contribution in [3.63, 3.8) is 0 Å². The minimum absolute atomic E-state index is 0.0520. The van der Waals surface area contributed by atoms with Crippen LogP contribution in [0.15, 0.2) is 30.3 Å². The molecule has 2 rings (SSSR count). The molecule has 0 saturated carbocycles. The number of halogens is 2. The molecule has 0 aliphatic carbocycles. The van der Waals surface area contributed by atoms with Gasteiger partial charge in [0.1, 0.15) is 12.4 Å². The number of amides is 2. The van der Waals surface area contributed by atoms with E-state index in [1.54, 1.807) is 0 Å². The first-order chi connectivity index (χ1) is 11.4. The number of anilines is 1. The Kier molecular flexibility index (Phi) is 5.73. The molecular weight excluding hydrogens is 314 g/mol. The highest BCUT2D eigenvalue weighted by Gasteiger charge is 2.08. The zero-order valence-electron chi connectivity index (χ0n) is 13.9. The first-order valence-electron chi connectivity index (χ1n) is 7.57. The van der Waals surface area contributed by atoms with Gasteiger partial charge in [-0.1, -0.05) is 17.7 Å². The van der Waals surface area contributed by atoms with Gasteiger partial charge in [0, 0.05) is 11.8 Å². The first kappa shape index (κ1) is 17.7. The summed E-state index contributed by atoms with van der Waals surface area (Å²) in [6.45, 7) is 6.11. The van der Waals surface area contributed by atoms with E-state index in [4.69, 9.17) is 4.74 Å². The van der Waals surface area contributed by atoms with E-state index in [9.17, 15) is 13.6 Å². The standard InChI is InChI=1S/C18H20F2N2O2/c1-11-8-12(2)17(13(3)9-11)22-18(23)21-6-7-24-16-5-4-14(19)10-15(16)20/h4-5,8-10H,6-7H2,1-3H3,(H2,21,22,23). The van der Waals surface area contributed by atoms with Crippen LogP contribution in [0.4, 0.5) is 19.3 Å². The van der Waals surface area contributed by atoms with E-state index in [0.29, 0.717) is 0 Å². The van der Waals surface area contributed by atoms with E-state index in [1.807, 2.05) is 32.9 Å². The van der Waals surface area contributed by atoms with Gasteiger partial charge in [0.15, 0.2) is 11.6 Å². The van der Waals surface area contributed by atoms with Crippen LogP contribution in [0, 0.1) is 32.4 Å². The number of carbonyl (C=O) groups is 1. The summed E-state index contributed by atoms with van der Waals surface area (Å²) in [5, 5.41) is 5.42. The van der Waals surface area contributed by atoms with Gasteiger partial charge in [-0.05, 0) is 44.0 Å². The lowest BCUT2D eigenvalue weighted by atomic mass is 10.1. The SMILES string of the molecule is Cc1cc(C)c(NC(=O)NCCOc2ccc(F)cc2F)c(C)c1. The van der Waals surface area contributed by atoms with Gasteiger partial charge in [0.05, 0.1) is 6.54 Å². The van der Waals surface area contributed by atoms with Crippen LogP contribution in [0.1, 0.15) is 16.7 Å². The minimum Gasteiger partial charge on any atom is -0.489 e. The molecule has 6 heteroatoms. The molecule has 2 aromatic rings. The van der Waals surface area contributed by atoms with Crippen molar-refractivity contribution in [2.45, 2.75) is 20.8 Å². The van der Waals surface area contributed by atoms with Gasteiger partial charge in [-0.3, -0.25) is 0 Å². The van der Waals surface area contributed by atoms with Crippen LogP contribution in [-0.2, 0) is 0 Å². The predicted octanol–water partition coefficient (Wildman–Crippen LogP) is 4.09. The molecule has 0 radical (unpaired) electrons. The highest BCUT2D eigenvalue weighted by molar-refractivity contribution is 5.91. The van der Waals surface area contributed by atoms with Crippen molar-refractivity contribution >= 4 is 11.7 Å². The summed E-state index contributed by atoms with van der Waals surface area (Å²) in [5.41, 5.74) is 3.86. The maximum atomic E-state index is 13.4. The Morgan fingerprint density at radius 1 is 1.08 bits per heavy atom. The van der Waals surface area contributed by atoms with Gasteiger partial charge in [0.2, 0.25) is 0 Å². The third-order valence-electron chi connectivity index (χ3n) is 3.45. The maximum absolute atomic E-state index is 13.4. The Labute approximate surface area is 139 Å². The Hall–Kier alpha value is -2.63. The van der Waals surface area contributed by atoms with Crippen molar-refractivity contribution < 1.29 is 18.3 Å². The van der Waals surface area contributed by atoms with Crippen LogP contribution in [0.5, 0.6) is 5.75 Å². The van der Waals surface area contributed by atoms with Crippen LogP contribution < -0.4 is 15.4 Å². The van der Waals surface area contributed by atoms with E-state index in [0.717, 1.165) is 34.5 Å². The molecule has 2 N–H and O–H groups in total. The quantitative estimate of drug-likeness (QED) is 0.809. The molecule has 0 heterocycles. The summed E-state index contributed by atoms with van der Waals surface area (Å²) in [6, 6.07) is 6.68. The number of hydrogen-bond donors (Lipinski definition) is 2. The number of aryl methyl sites for hydroxylation is 3. The second-order valence-electron chi connectivity index (χ2n) is 5.58. The molecule has 0 aromatic heterocycles. The van der Waals surface area contributed by atoms with Crippen LogP contribution in [0.3, 0.4) is 0 Å². The summed E-state index contributed by atoms with van der Waals surface area (Å²) < 4.78 is 31.3. The molecule has 0 atom stereocenters. The molecule has 4 nitrogen and oxygen atoms in total. The zero-order valence-corrected chi connectivity index (χ0v) is 13.9. The molecule has 0 saturated heterocycles. The molecule has 0 fully saturated rings. The van der Waals surface area contributed by atoms with Crippen LogP contribution >= 0.6 is 0 Å². The highest BCUT2D eigenvalue weighted by atomic mass is 19.1. The van der Waals surface area contributed by atoms with Crippen molar-refractivity contribution in [3.8, 4) is 5.75 Å². The van der Waals surface area contributed by atoms with Gasteiger partial charge >= 0.3 is 6.03 Å². The fourth-order valence-electron chi connectivity index (χ4n) is 2.45. The van der Waals surface area contributed by atoms with Gasteiger partial charge < -0.3 is 15.4 Å². The Morgan fingerprint density at radius 3 is 2.38 bits per heavy atom. The summed E-state index contributed by atoms with van der Waals surface area (Å²) in [4.78, 5) is 11.9. The van der Waals surface area contributed by atoms with Gasteiger partial charge in [-0.15, -0.1) is 0 Å². The molecule has 128 valence electrons. The lowest BCUT2D eigenvalue weighted by Crippen LogP contribution is -2.32. The maximum Gasteiger partial charge on any atom is 0.319 e. The summed E-state index contributed by atoms with van der Waals surface area (Å²) in [6.07, 6.45) is 0. The molecule has 0 aliphatic heterocycles. The first-order valence-corrected chi connectivity index (χ1v) is 7.57. The second-order valence-corrected chi connectivity index (χ2v) is 5.58. The highest BCUT2D eigenvalue weighted by Crippen LogP contribution is 2.21. The largest absolute Gasteiger partial charge is 0.489 e. The number of benzene rings is 2. The van der Waals surface area contributed by atoms with Crippen LogP contribution in [0.25, 0.3) is 0 Å². The summed E-state index contributed by atoms with van der Waals surface area (Å²) in [5.74, 6) is -1.49. The van der Waals surface area contributed by atoms with E-state index < -0.39 is 11.6 Å². The van der Waals surface area contributed by atoms with E-state index in [-0.39, 0.29) is 24.9 Å². The fraction of sp³-hybridized carbons (Fsp3) is 0.278. The monoisotopic (exact) mass is 334 g/mol. The topological polar surface area (TPSA) is 50.4 Å². The zero-order chi connectivity index (χ0) is 17.7. The van der Waals surface area contributed by atoms with Crippen molar-refractivity contribution in [3.05, 3.63) is 58.7 Å². The number of nitrogens with one attached hydrogen (secondary N) is 2. The van der Waals surface area contributed by atoms with Crippen molar-refractivity contribution in [2.75, 3.05) is 18.5 Å². The molecule has 0 spiro atoms. The molecule has 24 heavy (non-hydrogen) atoms. The molecule has 0 unspecified atom stereocenters. The summed E-state index contributed by atoms with van der Waals surface area (Å²) >= 11 is 0. The molecule has 0 bridgehead atoms. The van der Waals surface area contributed by atoms with Crippen molar-refractivity contribution in [1.29, 1.82) is 0 Å². The van der Waals surface area contributed by atoms with Crippen molar-refractivity contribution in [2.24, 2.45) is 0 Å². The van der Waals surface area contributed by atoms with Crippen molar-refractivity contribution in [1.82, 2.24) is 5.32 Å². The Balaban J connectivity index is 1.82. The molecule has 2 aromatic carbocycles. The fourth-order valence-corrected chi connectivity index (χ4v) is 2.45. The van der Waals surface area contributed by atoms with Crippen LogP contribution in [0.2, 0.25) is 0 Å². The number of carbonyl (C=O) groups excluding carboxylic acids is 1. The number of rotatable bonds is 5. The van der Waals surface area contributed by atoms with E-state index in [2.05, 4.69) is 10.6 Å². The van der Waals surface area contributed by atoms with Crippen LogP contribution in [-0.4, -0.2) is 19.2 Å². The average Bonchev–Trinajstić information content (AvgIpc) is 2.49. The molecular formula is C18H20F2N2O2. The third-order valence-corrected chi connectivity index (χ3v) is 3.45. The van der Waals surface area contributed by atoms with E-state index in [1.165, 1.54) is 6.07 Å². The van der Waals surface area contributed by atoms with Gasteiger partial charge in [0.25, 0.3) is 0 Å². The molecule has 2 amide bonds. The number of ether oxygens (including phenoxy) is 1. The van der Waals surface area contributed by atoms with E-state index >= 15 is 0 Å². The smallest absolute Gasteiger partial charge is 0.319 e. The lowest BCUT2D eigenvalue weighted by Gasteiger charge is -2.14. The average molecular weight is 334 g/mol. The lowest BCUT2D eigenvalue weighted by molar-refractivity contribution is 0.246. The second kappa shape index (κ2) is 7.77. The minimum atomic E-state index is -0.773. The third kappa shape index (κ3) is 4.68. The number of hydrogen-bond acceptors (Lipinski definition) is 2. The summed E-state index contributed by atoms with van der Waals surface area (Å²) in [7, 11) is 0. The number of urea groups is 1.